The first-order valence-corrected chi connectivity index (χ1v) is 6.39. The van der Waals surface area contributed by atoms with Crippen molar-refractivity contribution < 1.29 is 19.8 Å². The van der Waals surface area contributed by atoms with E-state index in [1.807, 2.05) is 0 Å². The first kappa shape index (κ1) is 14.9. The number of halogens is 1. The molecule has 21 heavy (non-hydrogen) atoms. The van der Waals surface area contributed by atoms with E-state index in [9.17, 15) is 14.7 Å². The molecule has 2 rings (SSSR count). The Bertz CT molecular complexity index is 728. The monoisotopic (exact) mass is 305 g/mol. The van der Waals surface area contributed by atoms with Gasteiger partial charge in [0.2, 0.25) is 0 Å². The molecule has 2 aromatic rings. The van der Waals surface area contributed by atoms with E-state index in [-0.39, 0.29) is 27.6 Å². The van der Waals surface area contributed by atoms with Crippen LogP contribution in [0.5, 0.6) is 5.75 Å². The van der Waals surface area contributed by atoms with Crippen LogP contribution in [0.15, 0.2) is 36.4 Å². The first-order chi connectivity index (χ1) is 9.86. The van der Waals surface area contributed by atoms with Crippen LogP contribution in [0.2, 0.25) is 5.02 Å². The number of aryl methyl sites for hydroxylation is 1. The van der Waals surface area contributed by atoms with Gasteiger partial charge in [-0.1, -0.05) is 23.2 Å². The molecule has 3 N–H and O–H groups in total. The van der Waals surface area contributed by atoms with Gasteiger partial charge in [-0.05, 0) is 37.3 Å². The Hall–Kier alpha value is -2.53. The summed E-state index contributed by atoms with van der Waals surface area (Å²) in [7, 11) is 0. The van der Waals surface area contributed by atoms with Gasteiger partial charge in [-0.3, -0.25) is 4.79 Å². The van der Waals surface area contributed by atoms with Gasteiger partial charge in [0.25, 0.3) is 5.91 Å². The van der Waals surface area contributed by atoms with Gasteiger partial charge in [0.1, 0.15) is 5.75 Å². The van der Waals surface area contributed by atoms with Crippen LogP contribution in [0.1, 0.15) is 26.3 Å². The van der Waals surface area contributed by atoms with Gasteiger partial charge in [0.05, 0.1) is 11.1 Å². The number of rotatable bonds is 3. The Labute approximate surface area is 125 Å². The standard InChI is InChI=1S/C15H12ClNO4/c1-8-2-3-13(18)12(4-8)14(19)17-11-6-9(15(20)21)5-10(16)7-11/h2-7,18H,1H3,(H,17,19)(H,20,21). The van der Waals surface area contributed by atoms with Gasteiger partial charge in [-0.25, -0.2) is 4.79 Å². The van der Waals surface area contributed by atoms with Crippen molar-refractivity contribution in [2.75, 3.05) is 5.32 Å². The largest absolute Gasteiger partial charge is 0.507 e. The van der Waals surface area contributed by atoms with Crippen LogP contribution in [0, 0.1) is 6.92 Å². The zero-order valence-electron chi connectivity index (χ0n) is 11.1. The molecular weight excluding hydrogens is 294 g/mol. The molecule has 0 atom stereocenters. The lowest BCUT2D eigenvalue weighted by atomic mass is 10.1. The van der Waals surface area contributed by atoms with E-state index >= 15 is 0 Å². The second kappa shape index (κ2) is 5.85. The average Bonchev–Trinajstić information content (AvgIpc) is 2.40. The normalized spacial score (nSPS) is 10.2. The summed E-state index contributed by atoms with van der Waals surface area (Å²) in [5.41, 5.74) is 1.12. The van der Waals surface area contributed by atoms with E-state index in [4.69, 9.17) is 16.7 Å². The van der Waals surface area contributed by atoms with Crippen molar-refractivity contribution >= 4 is 29.2 Å². The second-order valence-electron chi connectivity index (χ2n) is 4.51. The number of phenolic OH excluding ortho intramolecular Hbond substituents is 1. The molecule has 6 heteroatoms. The number of phenols is 1. The molecule has 0 aliphatic rings. The number of aromatic carboxylic acids is 1. The molecule has 0 saturated carbocycles. The number of amides is 1. The molecule has 0 fully saturated rings. The molecule has 0 aliphatic heterocycles. The maximum absolute atomic E-state index is 12.1. The van der Waals surface area contributed by atoms with E-state index in [0.717, 1.165) is 5.56 Å². The molecule has 0 radical (unpaired) electrons. The smallest absolute Gasteiger partial charge is 0.335 e. The summed E-state index contributed by atoms with van der Waals surface area (Å²) < 4.78 is 0. The topological polar surface area (TPSA) is 86.6 Å². The fraction of sp³-hybridized carbons (Fsp3) is 0.0667. The SMILES string of the molecule is Cc1ccc(O)c(C(=O)Nc2cc(Cl)cc(C(=O)O)c2)c1. The average molecular weight is 306 g/mol. The Morgan fingerprint density at radius 1 is 1.14 bits per heavy atom. The van der Waals surface area contributed by atoms with Crippen molar-refractivity contribution in [3.8, 4) is 5.75 Å². The predicted molar refractivity (Wildman–Crippen MR) is 79.2 cm³/mol. The highest BCUT2D eigenvalue weighted by Gasteiger charge is 2.13. The number of nitrogens with one attached hydrogen (secondary N) is 1. The van der Waals surface area contributed by atoms with Crippen LogP contribution >= 0.6 is 11.6 Å². The molecule has 5 nitrogen and oxygen atoms in total. The van der Waals surface area contributed by atoms with Crippen LogP contribution in [0.25, 0.3) is 0 Å². The highest BCUT2D eigenvalue weighted by Crippen LogP contribution is 2.23. The van der Waals surface area contributed by atoms with Gasteiger partial charge in [-0.2, -0.15) is 0 Å². The number of carboxylic acids is 1. The highest BCUT2D eigenvalue weighted by molar-refractivity contribution is 6.31. The fourth-order valence-corrected chi connectivity index (χ4v) is 2.05. The van der Waals surface area contributed by atoms with Crippen molar-refractivity contribution in [2.24, 2.45) is 0 Å². The fourth-order valence-electron chi connectivity index (χ4n) is 1.82. The van der Waals surface area contributed by atoms with Crippen LogP contribution < -0.4 is 5.32 Å². The summed E-state index contributed by atoms with van der Waals surface area (Å²) in [6.07, 6.45) is 0. The summed E-state index contributed by atoms with van der Waals surface area (Å²) in [6.45, 7) is 1.79. The van der Waals surface area contributed by atoms with Gasteiger partial charge in [-0.15, -0.1) is 0 Å². The van der Waals surface area contributed by atoms with E-state index in [2.05, 4.69) is 5.32 Å². The summed E-state index contributed by atoms with van der Waals surface area (Å²) in [5, 5.41) is 21.4. The van der Waals surface area contributed by atoms with Crippen molar-refractivity contribution in [2.45, 2.75) is 6.92 Å². The van der Waals surface area contributed by atoms with E-state index in [0.29, 0.717) is 0 Å². The molecular formula is C15H12ClNO4. The lowest BCUT2D eigenvalue weighted by molar-refractivity contribution is 0.0696. The summed E-state index contributed by atoms with van der Waals surface area (Å²) in [4.78, 5) is 23.1. The summed E-state index contributed by atoms with van der Waals surface area (Å²) >= 11 is 5.82. The molecule has 2 aromatic carbocycles. The first-order valence-electron chi connectivity index (χ1n) is 6.01. The van der Waals surface area contributed by atoms with Crippen LogP contribution in [0.4, 0.5) is 5.69 Å². The summed E-state index contributed by atoms with van der Waals surface area (Å²) in [5.74, 6) is -1.85. The quantitative estimate of drug-likeness (QED) is 0.812. The minimum Gasteiger partial charge on any atom is -0.507 e. The molecule has 0 unspecified atom stereocenters. The Kier molecular flexibility index (Phi) is 4.14. The van der Waals surface area contributed by atoms with Crippen molar-refractivity contribution in [1.82, 2.24) is 0 Å². The summed E-state index contributed by atoms with van der Waals surface area (Å²) in [6, 6.07) is 8.63. The number of carbonyl (C=O) groups excluding carboxylic acids is 1. The van der Waals surface area contributed by atoms with Gasteiger partial charge in [0, 0.05) is 10.7 Å². The maximum Gasteiger partial charge on any atom is 0.335 e. The van der Waals surface area contributed by atoms with E-state index in [1.165, 1.54) is 30.3 Å². The maximum atomic E-state index is 12.1. The number of aromatic hydroxyl groups is 1. The second-order valence-corrected chi connectivity index (χ2v) is 4.94. The number of anilines is 1. The number of hydrogen-bond acceptors (Lipinski definition) is 3. The molecule has 0 bridgehead atoms. The minimum atomic E-state index is -1.15. The zero-order chi connectivity index (χ0) is 15.6. The lowest BCUT2D eigenvalue weighted by Gasteiger charge is -2.09. The zero-order valence-corrected chi connectivity index (χ0v) is 11.8. The van der Waals surface area contributed by atoms with Crippen LogP contribution in [-0.2, 0) is 0 Å². The molecule has 0 aliphatic carbocycles. The number of benzene rings is 2. The van der Waals surface area contributed by atoms with E-state index in [1.54, 1.807) is 13.0 Å². The lowest BCUT2D eigenvalue weighted by Crippen LogP contribution is -2.13. The highest BCUT2D eigenvalue weighted by atomic mass is 35.5. The van der Waals surface area contributed by atoms with Gasteiger partial charge >= 0.3 is 5.97 Å². The van der Waals surface area contributed by atoms with Crippen molar-refractivity contribution in [1.29, 1.82) is 0 Å². The molecule has 108 valence electrons. The number of carboxylic acid groups (broad SMARTS) is 1. The molecule has 0 aromatic heterocycles. The third-order valence-corrected chi connectivity index (χ3v) is 3.02. The Balaban J connectivity index is 2.31. The van der Waals surface area contributed by atoms with Crippen LogP contribution in [0.3, 0.4) is 0 Å². The third-order valence-electron chi connectivity index (χ3n) is 2.80. The minimum absolute atomic E-state index is 0.0359. The molecule has 1 amide bonds. The van der Waals surface area contributed by atoms with Crippen molar-refractivity contribution in [3.63, 3.8) is 0 Å². The predicted octanol–water partition coefficient (Wildman–Crippen LogP) is 3.30. The van der Waals surface area contributed by atoms with Gasteiger partial charge in [0.15, 0.2) is 0 Å². The van der Waals surface area contributed by atoms with E-state index < -0.39 is 11.9 Å². The van der Waals surface area contributed by atoms with Crippen molar-refractivity contribution in [3.05, 3.63) is 58.1 Å². The molecule has 0 saturated heterocycles. The Morgan fingerprint density at radius 2 is 1.86 bits per heavy atom. The molecule has 0 heterocycles. The van der Waals surface area contributed by atoms with Crippen LogP contribution in [-0.4, -0.2) is 22.1 Å². The number of hydrogen-bond donors (Lipinski definition) is 3. The Morgan fingerprint density at radius 3 is 2.52 bits per heavy atom. The van der Waals surface area contributed by atoms with Gasteiger partial charge < -0.3 is 15.5 Å². The number of carbonyl (C=O) groups is 2. The molecule has 0 spiro atoms. The third kappa shape index (κ3) is 3.52.